The van der Waals surface area contributed by atoms with Crippen molar-refractivity contribution in [2.45, 2.75) is 25.8 Å². The minimum atomic E-state index is -0.215. The van der Waals surface area contributed by atoms with Crippen molar-refractivity contribution in [3.05, 3.63) is 33.8 Å². The summed E-state index contributed by atoms with van der Waals surface area (Å²) in [4.78, 5) is 13.3. The number of primary amides is 1. The van der Waals surface area contributed by atoms with Crippen LogP contribution in [0, 0.1) is 5.92 Å². The van der Waals surface area contributed by atoms with E-state index in [2.05, 4.69) is 4.90 Å². The number of halogens is 2. The molecule has 19 heavy (non-hydrogen) atoms. The van der Waals surface area contributed by atoms with Gasteiger partial charge in [-0.2, -0.15) is 0 Å². The predicted octanol–water partition coefficient (Wildman–Crippen LogP) is 3.08. The normalized spacial score (nSPS) is 20.4. The highest BCUT2D eigenvalue weighted by Crippen LogP contribution is 2.28. The Bertz CT molecular complexity index is 465. The van der Waals surface area contributed by atoms with Gasteiger partial charge in [0.15, 0.2) is 0 Å². The SMILES string of the molecule is NC(=O)CC1CCCN(Cc2cccc(Cl)c2Cl)C1. The maximum absolute atomic E-state index is 11.0. The first-order valence-electron chi connectivity index (χ1n) is 6.50. The topological polar surface area (TPSA) is 46.3 Å². The maximum atomic E-state index is 11.0. The molecule has 1 aliphatic heterocycles. The lowest BCUT2D eigenvalue weighted by Crippen LogP contribution is -2.36. The van der Waals surface area contributed by atoms with E-state index in [4.69, 9.17) is 28.9 Å². The summed E-state index contributed by atoms with van der Waals surface area (Å²) in [6.45, 7) is 2.69. The molecule has 2 rings (SSSR count). The molecule has 1 fully saturated rings. The van der Waals surface area contributed by atoms with Gasteiger partial charge >= 0.3 is 0 Å². The van der Waals surface area contributed by atoms with Crippen molar-refractivity contribution in [1.29, 1.82) is 0 Å². The van der Waals surface area contributed by atoms with Crippen molar-refractivity contribution in [1.82, 2.24) is 4.90 Å². The number of benzene rings is 1. The zero-order valence-electron chi connectivity index (χ0n) is 10.7. The predicted molar refractivity (Wildman–Crippen MR) is 78.3 cm³/mol. The van der Waals surface area contributed by atoms with Gasteiger partial charge in [0.25, 0.3) is 0 Å². The lowest BCUT2D eigenvalue weighted by Gasteiger charge is -2.32. The van der Waals surface area contributed by atoms with Crippen LogP contribution in [0.1, 0.15) is 24.8 Å². The number of hydrogen-bond donors (Lipinski definition) is 1. The minimum absolute atomic E-state index is 0.215. The van der Waals surface area contributed by atoms with Crippen LogP contribution in [0.15, 0.2) is 18.2 Å². The van der Waals surface area contributed by atoms with E-state index in [1.54, 1.807) is 6.07 Å². The molecule has 1 heterocycles. The van der Waals surface area contributed by atoms with Crippen LogP contribution in [-0.4, -0.2) is 23.9 Å². The summed E-state index contributed by atoms with van der Waals surface area (Å²) in [7, 11) is 0. The van der Waals surface area contributed by atoms with Crippen LogP contribution in [0.5, 0.6) is 0 Å². The summed E-state index contributed by atoms with van der Waals surface area (Å²) >= 11 is 12.2. The average molecular weight is 301 g/mol. The largest absolute Gasteiger partial charge is 0.370 e. The van der Waals surface area contributed by atoms with Gasteiger partial charge in [-0.1, -0.05) is 35.3 Å². The number of amides is 1. The van der Waals surface area contributed by atoms with Gasteiger partial charge in [-0.05, 0) is 36.9 Å². The molecule has 1 aliphatic rings. The fraction of sp³-hybridized carbons (Fsp3) is 0.500. The van der Waals surface area contributed by atoms with Crippen molar-refractivity contribution < 1.29 is 4.79 Å². The summed E-state index contributed by atoms with van der Waals surface area (Å²) in [5, 5.41) is 1.21. The number of hydrogen-bond acceptors (Lipinski definition) is 2. The Labute approximate surface area is 123 Å². The fourth-order valence-electron chi connectivity index (χ4n) is 2.66. The van der Waals surface area contributed by atoms with E-state index in [1.165, 1.54) is 0 Å². The second-order valence-electron chi connectivity index (χ2n) is 5.13. The molecule has 0 bridgehead atoms. The van der Waals surface area contributed by atoms with Gasteiger partial charge in [-0.3, -0.25) is 9.69 Å². The third kappa shape index (κ3) is 4.10. The molecule has 0 aliphatic carbocycles. The van der Waals surface area contributed by atoms with E-state index in [0.717, 1.165) is 38.0 Å². The maximum Gasteiger partial charge on any atom is 0.217 e. The smallest absolute Gasteiger partial charge is 0.217 e. The zero-order valence-corrected chi connectivity index (χ0v) is 12.3. The molecule has 0 aromatic heterocycles. The van der Waals surface area contributed by atoms with Crippen molar-refractivity contribution in [2.75, 3.05) is 13.1 Å². The van der Waals surface area contributed by atoms with Crippen molar-refractivity contribution in [2.24, 2.45) is 11.7 Å². The first-order chi connectivity index (χ1) is 9.06. The molecule has 1 amide bonds. The summed E-state index contributed by atoms with van der Waals surface area (Å²) < 4.78 is 0. The van der Waals surface area contributed by atoms with Gasteiger partial charge in [-0.15, -0.1) is 0 Å². The molecule has 1 unspecified atom stereocenters. The highest BCUT2D eigenvalue weighted by Gasteiger charge is 2.22. The number of piperidine rings is 1. The van der Waals surface area contributed by atoms with E-state index < -0.39 is 0 Å². The third-order valence-corrected chi connectivity index (χ3v) is 4.38. The molecule has 0 radical (unpaired) electrons. The molecule has 0 saturated carbocycles. The van der Waals surface area contributed by atoms with Crippen LogP contribution < -0.4 is 5.73 Å². The van der Waals surface area contributed by atoms with Crippen molar-refractivity contribution in [3.63, 3.8) is 0 Å². The Morgan fingerprint density at radius 3 is 2.95 bits per heavy atom. The Balaban J connectivity index is 1.98. The average Bonchev–Trinajstić information content (AvgIpc) is 2.35. The fourth-order valence-corrected chi connectivity index (χ4v) is 3.04. The van der Waals surface area contributed by atoms with Gasteiger partial charge in [0, 0.05) is 19.5 Å². The number of carbonyl (C=O) groups excluding carboxylic acids is 1. The molecule has 1 aromatic rings. The lowest BCUT2D eigenvalue weighted by molar-refractivity contribution is -0.119. The van der Waals surface area contributed by atoms with Crippen LogP contribution in [0.2, 0.25) is 10.0 Å². The standard InChI is InChI=1S/C14H18Cl2N2O/c15-12-5-1-4-11(14(12)16)9-18-6-2-3-10(8-18)7-13(17)19/h1,4-5,10H,2-3,6-9H2,(H2,17,19). The molecule has 1 aromatic carbocycles. The van der Waals surface area contributed by atoms with Crippen LogP contribution in [0.3, 0.4) is 0 Å². The lowest BCUT2D eigenvalue weighted by atomic mass is 9.94. The van der Waals surface area contributed by atoms with Crippen molar-refractivity contribution >= 4 is 29.1 Å². The van der Waals surface area contributed by atoms with E-state index in [1.807, 2.05) is 12.1 Å². The van der Waals surface area contributed by atoms with Gasteiger partial charge in [-0.25, -0.2) is 0 Å². The molecular formula is C14H18Cl2N2O. The number of nitrogens with two attached hydrogens (primary N) is 1. The molecular weight excluding hydrogens is 283 g/mol. The number of carbonyl (C=O) groups is 1. The summed E-state index contributed by atoms with van der Waals surface area (Å²) in [6, 6.07) is 5.69. The van der Waals surface area contributed by atoms with Crippen LogP contribution in [-0.2, 0) is 11.3 Å². The molecule has 104 valence electrons. The van der Waals surface area contributed by atoms with Crippen LogP contribution >= 0.6 is 23.2 Å². The van der Waals surface area contributed by atoms with Gasteiger partial charge in [0.05, 0.1) is 10.0 Å². The molecule has 5 heteroatoms. The first kappa shape index (κ1) is 14.6. The number of nitrogens with zero attached hydrogens (tertiary/aromatic N) is 1. The van der Waals surface area contributed by atoms with E-state index in [0.29, 0.717) is 22.4 Å². The van der Waals surface area contributed by atoms with Gasteiger partial charge in [0.1, 0.15) is 0 Å². The summed E-state index contributed by atoms with van der Waals surface area (Å²) in [5.74, 6) is 0.150. The number of likely N-dealkylation sites (tertiary alicyclic amines) is 1. The molecule has 0 spiro atoms. The van der Waals surface area contributed by atoms with Crippen LogP contribution in [0.25, 0.3) is 0 Å². The van der Waals surface area contributed by atoms with Gasteiger partial charge in [0.2, 0.25) is 5.91 Å². The number of rotatable bonds is 4. The van der Waals surface area contributed by atoms with E-state index in [9.17, 15) is 4.79 Å². The van der Waals surface area contributed by atoms with Gasteiger partial charge < -0.3 is 5.73 Å². The monoisotopic (exact) mass is 300 g/mol. The van der Waals surface area contributed by atoms with Crippen LogP contribution in [0.4, 0.5) is 0 Å². The minimum Gasteiger partial charge on any atom is -0.370 e. The summed E-state index contributed by atoms with van der Waals surface area (Å²) in [6.07, 6.45) is 2.64. The highest BCUT2D eigenvalue weighted by atomic mass is 35.5. The zero-order chi connectivity index (χ0) is 13.8. The third-order valence-electron chi connectivity index (χ3n) is 3.52. The molecule has 1 atom stereocenters. The molecule has 2 N–H and O–H groups in total. The Morgan fingerprint density at radius 2 is 2.21 bits per heavy atom. The first-order valence-corrected chi connectivity index (χ1v) is 7.25. The quantitative estimate of drug-likeness (QED) is 0.929. The molecule has 1 saturated heterocycles. The van der Waals surface area contributed by atoms with E-state index in [-0.39, 0.29) is 5.91 Å². The second kappa shape index (κ2) is 6.60. The Kier molecular flexibility index (Phi) is 5.08. The molecule has 3 nitrogen and oxygen atoms in total. The van der Waals surface area contributed by atoms with Crippen molar-refractivity contribution in [3.8, 4) is 0 Å². The second-order valence-corrected chi connectivity index (χ2v) is 5.91. The van der Waals surface area contributed by atoms with E-state index >= 15 is 0 Å². The summed E-state index contributed by atoms with van der Waals surface area (Å²) in [5.41, 5.74) is 6.31. The Morgan fingerprint density at radius 1 is 1.42 bits per heavy atom. The Hall–Kier alpha value is -0.770. The highest BCUT2D eigenvalue weighted by molar-refractivity contribution is 6.42.